The Balaban J connectivity index is 2.44. The Hall–Kier alpha value is -0.450. The number of halogens is 2. The topological polar surface area (TPSA) is 32.3 Å². The van der Waals surface area contributed by atoms with Crippen molar-refractivity contribution in [2.45, 2.75) is 26.0 Å². The molecule has 4 heteroatoms. The second kappa shape index (κ2) is 6.20. The van der Waals surface area contributed by atoms with E-state index in [-0.39, 0.29) is 11.9 Å². The van der Waals surface area contributed by atoms with Crippen molar-refractivity contribution in [3.63, 3.8) is 0 Å². The van der Waals surface area contributed by atoms with Gasteiger partial charge in [-0.05, 0) is 24.1 Å². The molecule has 2 N–H and O–H groups in total. The monoisotopic (exact) mass is 275 g/mol. The van der Waals surface area contributed by atoms with Crippen molar-refractivity contribution in [1.82, 2.24) is 5.32 Å². The Morgan fingerprint density at radius 2 is 2.27 bits per heavy atom. The quantitative estimate of drug-likeness (QED) is 0.865. The number of nitrogens with one attached hydrogen (secondary N) is 1. The van der Waals surface area contributed by atoms with Crippen LogP contribution in [0.3, 0.4) is 0 Å². The fraction of sp³-hybridized carbons (Fsp3) is 0.455. The third kappa shape index (κ3) is 4.28. The number of hydrogen-bond donors (Lipinski definition) is 2. The van der Waals surface area contributed by atoms with Crippen molar-refractivity contribution in [3.8, 4) is 0 Å². The molecule has 0 spiro atoms. The minimum atomic E-state index is -0.316. The summed E-state index contributed by atoms with van der Waals surface area (Å²) in [5, 5.41) is 12.4. The Labute approximate surface area is 97.6 Å². The molecular weight excluding hydrogens is 261 g/mol. The van der Waals surface area contributed by atoms with Gasteiger partial charge in [0.25, 0.3) is 0 Å². The molecule has 84 valence electrons. The molecule has 15 heavy (non-hydrogen) atoms. The highest BCUT2D eigenvalue weighted by Crippen LogP contribution is 2.17. The molecule has 0 aromatic heterocycles. The molecule has 0 radical (unpaired) electrons. The van der Waals surface area contributed by atoms with Crippen LogP contribution < -0.4 is 5.32 Å². The van der Waals surface area contributed by atoms with E-state index in [1.54, 1.807) is 6.07 Å². The zero-order valence-electron chi connectivity index (χ0n) is 8.63. The van der Waals surface area contributed by atoms with Gasteiger partial charge in [-0.3, -0.25) is 0 Å². The van der Waals surface area contributed by atoms with Crippen LogP contribution in [0, 0.1) is 5.82 Å². The lowest BCUT2D eigenvalue weighted by molar-refractivity contribution is 0.167. The van der Waals surface area contributed by atoms with Crippen LogP contribution in [0.25, 0.3) is 0 Å². The molecule has 1 rings (SSSR count). The number of aliphatic hydroxyl groups excluding tert-OH is 1. The van der Waals surface area contributed by atoms with Gasteiger partial charge in [-0.25, -0.2) is 4.39 Å². The Bertz CT molecular complexity index is 319. The SMILES string of the molecule is CCC(O)CNCc1ccc(F)cc1Br. The summed E-state index contributed by atoms with van der Waals surface area (Å²) in [7, 11) is 0. The second-order valence-corrected chi connectivity index (χ2v) is 4.28. The van der Waals surface area contributed by atoms with Gasteiger partial charge in [0.1, 0.15) is 5.82 Å². The van der Waals surface area contributed by atoms with E-state index in [0.29, 0.717) is 13.1 Å². The average Bonchev–Trinajstić information content (AvgIpc) is 2.21. The molecule has 0 aliphatic rings. The third-order valence-corrected chi connectivity index (χ3v) is 2.92. The molecule has 1 unspecified atom stereocenters. The standard InChI is InChI=1S/C11H15BrFNO/c1-2-10(15)7-14-6-8-3-4-9(13)5-11(8)12/h3-5,10,14-15H,2,6-7H2,1H3. The van der Waals surface area contributed by atoms with E-state index in [1.165, 1.54) is 12.1 Å². The van der Waals surface area contributed by atoms with Crippen LogP contribution >= 0.6 is 15.9 Å². The summed E-state index contributed by atoms with van der Waals surface area (Å²) in [4.78, 5) is 0. The van der Waals surface area contributed by atoms with Crippen molar-refractivity contribution in [2.75, 3.05) is 6.54 Å². The van der Waals surface area contributed by atoms with Crippen LogP contribution in [0.5, 0.6) is 0 Å². The molecule has 2 nitrogen and oxygen atoms in total. The van der Waals surface area contributed by atoms with Gasteiger partial charge in [0.15, 0.2) is 0 Å². The molecule has 0 saturated carbocycles. The highest BCUT2D eigenvalue weighted by atomic mass is 79.9. The minimum Gasteiger partial charge on any atom is -0.392 e. The minimum absolute atomic E-state index is 0.251. The smallest absolute Gasteiger partial charge is 0.124 e. The molecular formula is C11H15BrFNO. The lowest BCUT2D eigenvalue weighted by Gasteiger charge is -2.10. The van der Waals surface area contributed by atoms with Crippen LogP contribution in [0.2, 0.25) is 0 Å². The highest BCUT2D eigenvalue weighted by molar-refractivity contribution is 9.10. The lowest BCUT2D eigenvalue weighted by atomic mass is 10.2. The van der Waals surface area contributed by atoms with Gasteiger partial charge >= 0.3 is 0 Å². The summed E-state index contributed by atoms with van der Waals surface area (Å²) in [6.45, 7) is 3.11. The van der Waals surface area contributed by atoms with E-state index >= 15 is 0 Å². The Morgan fingerprint density at radius 1 is 1.53 bits per heavy atom. The number of rotatable bonds is 5. The fourth-order valence-electron chi connectivity index (χ4n) is 1.18. The average molecular weight is 276 g/mol. The van der Waals surface area contributed by atoms with Crippen LogP contribution in [0.1, 0.15) is 18.9 Å². The normalized spacial score (nSPS) is 12.8. The van der Waals surface area contributed by atoms with Gasteiger partial charge in [-0.2, -0.15) is 0 Å². The summed E-state index contributed by atoms with van der Waals surface area (Å²) in [5.74, 6) is -0.251. The van der Waals surface area contributed by atoms with Crippen molar-refractivity contribution in [1.29, 1.82) is 0 Å². The van der Waals surface area contributed by atoms with Crippen molar-refractivity contribution in [3.05, 3.63) is 34.1 Å². The summed E-state index contributed by atoms with van der Waals surface area (Å²) in [5.41, 5.74) is 0.986. The molecule has 0 saturated heterocycles. The van der Waals surface area contributed by atoms with Crippen LogP contribution in [-0.2, 0) is 6.54 Å². The number of aliphatic hydroxyl groups is 1. The van der Waals surface area contributed by atoms with Gasteiger partial charge in [0.05, 0.1) is 6.10 Å². The van der Waals surface area contributed by atoms with E-state index in [1.807, 2.05) is 6.92 Å². The van der Waals surface area contributed by atoms with Gasteiger partial charge < -0.3 is 10.4 Å². The predicted molar refractivity (Wildman–Crippen MR) is 62.1 cm³/mol. The van der Waals surface area contributed by atoms with Gasteiger partial charge in [-0.15, -0.1) is 0 Å². The number of benzene rings is 1. The van der Waals surface area contributed by atoms with Crippen molar-refractivity contribution >= 4 is 15.9 Å². The maximum Gasteiger partial charge on any atom is 0.124 e. The molecule has 1 aromatic carbocycles. The first-order valence-electron chi connectivity index (χ1n) is 4.96. The van der Waals surface area contributed by atoms with Gasteiger partial charge in [0.2, 0.25) is 0 Å². The third-order valence-electron chi connectivity index (χ3n) is 2.18. The molecule has 0 fully saturated rings. The number of hydrogen-bond acceptors (Lipinski definition) is 2. The van der Waals surface area contributed by atoms with E-state index in [4.69, 9.17) is 0 Å². The van der Waals surface area contributed by atoms with Crippen molar-refractivity contribution in [2.24, 2.45) is 0 Å². The summed E-state index contributed by atoms with van der Waals surface area (Å²) >= 11 is 3.29. The zero-order valence-corrected chi connectivity index (χ0v) is 10.2. The predicted octanol–water partition coefficient (Wildman–Crippen LogP) is 2.45. The van der Waals surface area contributed by atoms with Crippen molar-refractivity contribution < 1.29 is 9.50 Å². The second-order valence-electron chi connectivity index (χ2n) is 3.43. The van der Waals surface area contributed by atoms with E-state index in [2.05, 4.69) is 21.2 Å². The molecule has 0 amide bonds. The summed E-state index contributed by atoms with van der Waals surface area (Å²) < 4.78 is 13.5. The molecule has 1 atom stereocenters. The zero-order chi connectivity index (χ0) is 11.3. The Morgan fingerprint density at radius 3 is 2.87 bits per heavy atom. The Kier molecular flexibility index (Phi) is 5.22. The fourth-order valence-corrected chi connectivity index (χ4v) is 1.67. The van der Waals surface area contributed by atoms with E-state index in [9.17, 15) is 9.50 Å². The van der Waals surface area contributed by atoms with Gasteiger partial charge in [-0.1, -0.05) is 28.9 Å². The highest BCUT2D eigenvalue weighted by Gasteiger charge is 2.03. The first-order valence-corrected chi connectivity index (χ1v) is 5.75. The molecule has 0 aliphatic carbocycles. The first kappa shape index (κ1) is 12.6. The molecule has 0 aliphatic heterocycles. The summed E-state index contributed by atoms with van der Waals surface area (Å²) in [6, 6.07) is 4.59. The van der Waals surface area contributed by atoms with Crippen LogP contribution in [-0.4, -0.2) is 17.8 Å². The van der Waals surface area contributed by atoms with Crippen LogP contribution in [0.15, 0.2) is 22.7 Å². The first-order chi connectivity index (χ1) is 7.13. The summed E-state index contributed by atoms with van der Waals surface area (Å²) in [6.07, 6.45) is 0.418. The molecule has 0 bridgehead atoms. The van der Waals surface area contributed by atoms with Gasteiger partial charge in [0, 0.05) is 17.6 Å². The van der Waals surface area contributed by atoms with E-state index in [0.717, 1.165) is 16.5 Å². The van der Waals surface area contributed by atoms with Crippen LogP contribution in [0.4, 0.5) is 4.39 Å². The largest absolute Gasteiger partial charge is 0.392 e. The lowest BCUT2D eigenvalue weighted by Crippen LogP contribution is -2.25. The molecule has 1 aromatic rings. The maximum absolute atomic E-state index is 12.8. The van der Waals surface area contributed by atoms with E-state index < -0.39 is 0 Å². The maximum atomic E-state index is 12.8. The molecule has 0 heterocycles.